The fourth-order valence-corrected chi connectivity index (χ4v) is 10.1. The Balaban J connectivity index is 1.04. The van der Waals surface area contributed by atoms with Crippen molar-refractivity contribution in [2.75, 3.05) is 0 Å². The van der Waals surface area contributed by atoms with Crippen LogP contribution in [0.5, 0.6) is 5.75 Å². The van der Waals surface area contributed by atoms with Crippen LogP contribution in [0.4, 0.5) is 0 Å². The van der Waals surface area contributed by atoms with Gasteiger partial charge in [-0.25, -0.2) is 9.98 Å². The lowest BCUT2D eigenvalue weighted by Crippen LogP contribution is -2.27. The summed E-state index contributed by atoms with van der Waals surface area (Å²) in [5.74, 6) is 2.18. The fraction of sp³-hybridized carbons (Fsp3) is 0.0833. The van der Waals surface area contributed by atoms with Crippen LogP contribution in [-0.2, 0) is 0 Å². The van der Waals surface area contributed by atoms with Gasteiger partial charge >= 0.3 is 0 Å². The van der Waals surface area contributed by atoms with E-state index in [1.165, 1.54) is 52.8 Å². The lowest BCUT2D eigenvalue weighted by molar-refractivity contribution is 0.402. The monoisotopic (exact) mass is 684 g/mol. The van der Waals surface area contributed by atoms with Crippen LogP contribution >= 0.6 is 11.3 Å². The van der Waals surface area contributed by atoms with Gasteiger partial charge in [0.2, 0.25) is 0 Å². The second-order valence-electron chi connectivity index (χ2n) is 13.9. The van der Waals surface area contributed by atoms with Crippen molar-refractivity contribution < 1.29 is 4.74 Å². The van der Waals surface area contributed by atoms with E-state index in [2.05, 4.69) is 159 Å². The maximum atomic E-state index is 6.59. The Labute approximate surface area is 305 Å². The first-order chi connectivity index (χ1) is 25.7. The van der Waals surface area contributed by atoms with Crippen LogP contribution in [0.3, 0.4) is 0 Å². The molecule has 11 rings (SSSR count). The summed E-state index contributed by atoms with van der Waals surface area (Å²) >= 11 is 1.88. The number of benzene rings is 7. The highest BCUT2D eigenvalue weighted by atomic mass is 32.1. The highest BCUT2D eigenvalue weighted by Gasteiger charge is 2.42. The number of thiophene rings is 1. The molecule has 4 heterocycles. The molecule has 0 saturated carbocycles. The number of ether oxygens (including phenoxy) is 1. The van der Waals surface area contributed by atoms with Crippen molar-refractivity contribution in [3.8, 4) is 28.3 Å². The van der Waals surface area contributed by atoms with E-state index in [1.807, 2.05) is 11.3 Å². The molecule has 52 heavy (non-hydrogen) atoms. The summed E-state index contributed by atoms with van der Waals surface area (Å²) < 4.78 is 9.21. The summed E-state index contributed by atoms with van der Waals surface area (Å²) in [5.41, 5.74) is 9.65. The minimum Gasteiger partial charge on any atom is -0.458 e. The number of fused-ring (bicyclic) bond motifs is 6. The van der Waals surface area contributed by atoms with Crippen molar-refractivity contribution in [3.05, 3.63) is 174 Å². The summed E-state index contributed by atoms with van der Waals surface area (Å²) in [4.78, 5) is 10.8. The van der Waals surface area contributed by atoms with Gasteiger partial charge < -0.3 is 4.74 Å². The predicted octanol–water partition coefficient (Wildman–Crippen LogP) is 12.9. The van der Waals surface area contributed by atoms with Gasteiger partial charge in [0, 0.05) is 48.3 Å². The predicted molar refractivity (Wildman–Crippen MR) is 218 cm³/mol. The smallest absolute Gasteiger partial charge is 0.139 e. The molecular weight excluding hydrogens is 653 g/mol. The minimum atomic E-state index is 0.111. The van der Waals surface area contributed by atoms with E-state index in [0.717, 1.165) is 57.4 Å². The summed E-state index contributed by atoms with van der Waals surface area (Å²) in [6.07, 6.45) is 0.943. The van der Waals surface area contributed by atoms with Crippen LogP contribution in [0.15, 0.2) is 162 Å². The summed E-state index contributed by atoms with van der Waals surface area (Å²) in [5, 5.41) is 7.96. The fourth-order valence-electron chi connectivity index (χ4n) is 8.78. The Morgan fingerprint density at radius 1 is 0.596 bits per heavy atom. The van der Waals surface area contributed by atoms with Crippen molar-refractivity contribution in [3.63, 3.8) is 0 Å². The third kappa shape index (κ3) is 4.31. The van der Waals surface area contributed by atoms with Crippen LogP contribution in [0, 0.1) is 5.92 Å². The van der Waals surface area contributed by atoms with Gasteiger partial charge in [0.15, 0.2) is 0 Å². The largest absolute Gasteiger partial charge is 0.458 e. The van der Waals surface area contributed by atoms with Gasteiger partial charge in [-0.2, -0.15) is 0 Å². The van der Waals surface area contributed by atoms with Crippen molar-refractivity contribution >= 4 is 64.5 Å². The Morgan fingerprint density at radius 3 is 2.15 bits per heavy atom. The molecule has 3 nitrogen and oxygen atoms in total. The second-order valence-corrected chi connectivity index (χ2v) is 14.9. The van der Waals surface area contributed by atoms with Crippen LogP contribution in [0.25, 0.3) is 69.9 Å². The van der Waals surface area contributed by atoms with E-state index in [0.29, 0.717) is 0 Å². The molecule has 2 aromatic heterocycles. The van der Waals surface area contributed by atoms with Crippen LogP contribution < -0.4 is 4.74 Å². The molecule has 9 aromatic rings. The van der Waals surface area contributed by atoms with E-state index in [4.69, 9.17) is 14.7 Å². The Morgan fingerprint density at radius 2 is 1.29 bits per heavy atom. The molecule has 246 valence electrons. The normalized spacial score (nSPS) is 16.8. The number of pyridine rings is 1. The molecule has 4 heteroatoms. The molecule has 0 aliphatic carbocycles. The van der Waals surface area contributed by atoms with E-state index in [1.54, 1.807) is 0 Å². The second kappa shape index (κ2) is 11.5. The molecule has 0 bridgehead atoms. The highest BCUT2D eigenvalue weighted by Crippen LogP contribution is 2.52. The van der Waals surface area contributed by atoms with Gasteiger partial charge in [-0.1, -0.05) is 128 Å². The number of allylic oxidation sites excluding steroid dienone is 1. The molecular formula is C48H32N2OS. The molecule has 2 atom stereocenters. The zero-order chi connectivity index (χ0) is 34.3. The van der Waals surface area contributed by atoms with Gasteiger partial charge in [0.25, 0.3) is 0 Å². The topological polar surface area (TPSA) is 34.5 Å². The molecule has 0 saturated heterocycles. The summed E-state index contributed by atoms with van der Waals surface area (Å²) in [7, 11) is 0. The molecule has 0 fully saturated rings. The van der Waals surface area contributed by atoms with Gasteiger partial charge in [-0.3, -0.25) is 0 Å². The zero-order valence-corrected chi connectivity index (χ0v) is 29.3. The summed E-state index contributed by atoms with van der Waals surface area (Å²) in [6, 6.07) is 54.3. The van der Waals surface area contributed by atoms with E-state index >= 15 is 0 Å². The number of aliphatic imine (C=N–C) groups is 1. The van der Waals surface area contributed by atoms with E-state index < -0.39 is 0 Å². The molecule has 2 unspecified atom stereocenters. The SMILES string of the molecule is CCC1C(c2cccc(-c3cccc(-c4ccc5c6ccccc6c6cccc7sc4c5c76)n3)c2)=NC(c2ccccc2)=C2Oc3ccccc3C21. The lowest BCUT2D eigenvalue weighted by Gasteiger charge is -2.30. The van der Waals surface area contributed by atoms with Crippen molar-refractivity contribution in [2.45, 2.75) is 19.3 Å². The molecule has 0 N–H and O–H groups in total. The Kier molecular flexibility index (Phi) is 6.53. The Hall–Kier alpha value is -6.10. The van der Waals surface area contributed by atoms with Crippen LogP contribution in [-0.4, -0.2) is 10.7 Å². The van der Waals surface area contributed by atoms with Gasteiger partial charge in [0.05, 0.1) is 23.0 Å². The van der Waals surface area contributed by atoms with Gasteiger partial charge in [0.1, 0.15) is 17.2 Å². The zero-order valence-electron chi connectivity index (χ0n) is 28.5. The molecule has 2 aliphatic rings. The van der Waals surface area contributed by atoms with Crippen molar-refractivity contribution in [2.24, 2.45) is 10.9 Å². The number of aromatic nitrogens is 1. The van der Waals surface area contributed by atoms with E-state index in [9.17, 15) is 0 Å². The molecule has 0 radical (unpaired) electrons. The number of para-hydroxylation sites is 1. The average Bonchev–Trinajstić information content (AvgIpc) is 3.80. The van der Waals surface area contributed by atoms with Crippen LogP contribution in [0.1, 0.15) is 36.0 Å². The highest BCUT2D eigenvalue weighted by molar-refractivity contribution is 7.26. The van der Waals surface area contributed by atoms with Crippen molar-refractivity contribution in [1.29, 1.82) is 0 Å². The number of nitrogens with zero attached hydrogens (tertiary/aromatic N) is 2. The average molecular weight is 685 g/mol. The third-order valence-electron chi connectivity index (χ3n) is 11.1. The first kappa shape index (κ1) is 29.6. The molecule has 2 aliphatic heterocycles. The number of hydrogen-bond acceptors (Lipinski definition) is 4. The Bertz CT molecular complexity index is 2940. The van der Waals surface area contributed by atoms with E-state index in [-0.39, 0.29) is 11.8 Å². The first-order valence-corrected chi connectivity index (χ1v) is 18.9. The quantitative estimate of drug-likeness (QED) is 0.169. The number of rotatable bonds is 5. The molecule has 0 spiro atoms. The van der Waals surface area contributed by atoms with Crippen molar-refractivity contribution in [1.82, 2.24) is 4.98 Å². The maximum Gasteiger partial charge on any atom is 0.139 e. The first-order valence-electron chi connectivity index (χ1n) is 18.1. The molecule has 7 aromatic carbocycles. The summed E-state index contributed by atoms with van der Waals surface area (Å²) in [6.45, 7) is 2.27. The van der Waals surface area contributed by atoms with Gasteiger partial charge in [-0.15, -0.1) is 11.3 Å². The maximum absolute atomic E-state index is 6.59. The molecule has 0 amide bonds. The number of hydrogen-bond donors (Lipinski definition) is 0. The third-order valence-corrected chi connectivity index (χ3v) is 12.3. The van der Waals surface area contributed by atoms with Crippen LogP contribution in [0.2, 0.25) is 0 Å². The van der Waals surface area contributed by atoms with Gasteiger partial charge in [-0.05, 0) is 63.9 Å². The standard InChI is InChI=1S/C48H32N2OS/c1-2-31-42-37-19-8-9-23-40(37)51-47(42)46(28-13-4-3-5-14-28)50-45(31)30-16-10-15-29(27-30)38-21-12-22-39(49-38)36-26-25-35-33-18-7-6-17-32(33)34-20-11-24-41-43(34)44(35)48(36)52-41/h3-27,31,42H,2H2,1H3. The lowest BCUT2D eigenvalue weighted by atomic mass is 9.76. The minimum absolute atomic E-state index is 0.111.